The van der Waals surface area contributed by atoms with Gasteiger partial charge >= 0.3 is 5.97 Å². The van der Waals surface area contributed by atoms with E-state index in [0.717, 1.165) is 66.8 Å². The number of esters is 1. The third kappa shape index (κ3) is 9.02. The quantitative estimate of drug-likeness (QED) is 0.139. The first-order chi connectivity index (χ1) is 20.1. The molecule has 6 nitrogen and oxygen atoms in total. The zero-order chi connectivity index (χ0) is 30.3. The summed E-state index contributed by atoms with van der Waals surface area (Å²) < 4.78 is 25.4. The number of aromatic amines is 1. The van der Waals surface area contributed by atoms with E-state index < -0.39 is 5.60 Å². The SMILES string of the molecule is COCC(=O)O[C@]1(CCN(C)CCCCCCCc2nc3cc(C)c(C)cc3[nH]2)CCc2cc(F)ccc2[C@@H]1C(C)C.Cl. The van der Waals surface area contributed by atoms with Gasteiger partial charge in [0.15, 0.2) is 0 Å². The minimum atomic E-state index is -0.628. The summed E-state index contributed by atoms with van der Waals surface area (Å²) in [6.07, 6.45) is 9.04. The van der Waals surface area contributed by atoms with Crippen molar-refractivity contribution in [2.24, 2.45) is 5.92 Å². The smallest absolute Gasteiger partial charge is 0.332 e. The maximum atomic E-state index is 14.0. The zero-order valence-corrected chi connectivity index (χ0v) is 27.7. The number of unbranched alkanes of at least 4 members (excludes halogenated alkanes) is 4. The molecule has 1 aromatic heterocycles. The molecule has 0 amide bonds. The number of ether oxygens (including phenoxy) is 2. The average molecular weight is 616 g/mol. The molecule has 2 aromatic carbocycles. The molecule has 0 spiro atoms. The number of H-pyrrole nitrogens is 1. The molecule has 0 unspecified atom stereocenters. The number of aromatic nitrogens is 2. The minimum absolute atomic E-state index is 0. The minimum Gasteiger partial charge on any atom is -0.457 e. The van der Waals surface area contributed by atoms with Crippen LogP contribution in [-0.2, 0) is 27.1 Å². The molecule has 1 N–H and O–H groups in total. The molecule has 0 radical (unpaired) electrons. The number of methoxy groups -OCH3 is 1. The Morgan fingerprint density at radius 2 is 1.81 bits per heavy atom. The van der Waals surface area contributed by atoms with Gasteiger partial charge in [0.2, 0.25) is 0 Å². The van der Waals surface area contributed by atoms with Gasteiger partial charge in [-0.15, -0.1) is 12.4 Å². The average Bonchev–Trinajstić information content (AvgIpc) is 3.32. The zero-order valence-electron chi connectivity index (χ0n) is 26.9. The summed E-state index contributed by atoms with van der Waals surface area (Å²) in [7, 11) is 3.67. The molecule has 3 aromatic rings. The number of halogens is 2. The second-order valence-corrected chi connectivity index (χ2v) is 12.7. The van der Waals surface area contributed by atoms with Crippen molar-refractivity contribution in [3.63, 3.8) is 0 Å². The van der Waals surface area contributed by atoms with Crippen molar-refractivity contribution in [3.05, 3.63) is 64.2 Å². The summed E-state index contributed by atoms with van der Waals surface area (Å²) >= 11 is 0. The Bertz CT molecular complexity index is 1300. The van der Waals surface area contributed by atoms with Gasteiger partial charge in [-0.1, -0.05) is 39.2 Å². The second kappa shape index (κ2) is 16.0. The maximum Gasteiger partial charge on any atom is 0.332 e. The fraction of sp³-hybridized carbons (Fsp3) is 0.600. The van der Waals surface area contributed by atoms with Crippen LogP contribution in [0.5, 0.6) is 0 Å². The van der Waals surface area contributed by atoms with E-state index in [1.165, 1.54) is 43.6 Å². The van der Waals surface area contributed by atoms with Gasteiger partial charge in [0, 0.05) is 32.4 Å². The molecule has 0 aliphatic heterocycles. The highest BCUT2D eigenvalue weighted by atomic mass is 35.5. The van der Waals surface area contributed by atoms with Crippen molar-refractivity contribution in [1.82, 2.24) is 14.9 Å². The van der Waals surface area contributed by atoms with Gasteiger partial charge in [-0.3, -0.25) is 0 Å². The topological polar surface area (TPSA) is 67.5 Å². The lowest BCUT2D eigenvalue weighted by atomic mass is 9.65. The molecule has 1 aliphatic rings. The van der Waals surface area contributed by atoms with Crippen LogP contribution in [0.25, 0.3) is 11.0 Å². The van der Waals surface area contributed by atoms with Gasteiger partial charge in [0.1, 0.15) is 23.8 Å². The Balaban J connectivity index is 0.00000506. The van der Waals surface area contributed by atoms with E-state index >= 15 is 0 Å². The van der Waals surface area contributed by atoms with Gasteiger partial charge < -0.3 is 19.4 Å². The largest absolute Gasteiger partial charge is 0.457 e. The van der Waals surface area contributed by atoms with Crippen LogP contribution in [0.2, 0.25) is 0 Å². The van der Waals surface area contributed by atoms with Crippen LogP contribution in [0.3, 0.4) is 0 Å². The van der Waals surface area contributed by atoms with E-state index in [1.54, 1.807) is 6.07 Å². The molecule has 0 bridgehead atoms. The first-order valence-corrected chi connectivity index (χ1v) is 15.8. The van der Waals surface area contributed by atoms with E-state index in [-0.39, 0.29) is 42.6 Å². The Morgan fingerprint density at radius 1 is 1.09 bits per heavy atom. The highest BCUT2D eigenvalue weighted by Crippen LogP contribution is 2.48. The predicted octanol–water partition coefficient (Wildman–Crippen LogP) is 7.87. The van der Waals surface area contributed by atoms with Crippen LogP contribution in [0, 0.1) is 25.6 Å². The molecule has 2 atom stereocenters. The van der Waals surface area contributed by atoms with E-state index in [1.807, 2.05) is 6.07 Å². The number of aryl methyl sites for hydroxylation is 4. The lowest BCUT2D eigenvalue weighted by Gasteiger charge is -2.47. The normalized spacial score (nSPS) is 18.2. The highest BCUT2D eigenvalue weighted by molar-refractivity contribution is 5.85. The van der Waals surface area contributed by atoms with Gasteiger partial charge in [0.05, 0.1) is 11.0 Å². The van der Waals surface area contributed by atoms with E-state index in [0.29, 0.717) is 12.8 Å². The summed E-state index contributed by atoms with van der Waals surface area (Å²) in [5.74, 6) is 0.799. The van der Waals surface area contributed by atoms with E-state index in [9.17, 15) is 9.18 Å². The third-order valence-electron chi connectivity index (χ3n) is 9.09. The molecule has 8 heteroatoms. The number of carbonyl (C=O) groups is 1. The highest BCUT2D eigenvalue weighted by Gasteiger charge is 2.47. The van der Waals surface area contributed by atoms with E-state index in [2.05, 4.69) is 56.8 Å². The van der Waals surface area contributed by atoms with Gasteiger partial charge in [0.25, 0.3) is 0 Å². The number of hydrogen-bond acceptors (Lipinski definition) is 5. The Labute approximate surface area is 263 Å². The van der Waals surface area contributed by atoms with Gasteiger partial charge in [-0.25, -0.2) is 14.2 Å². The maximum absolute atomic E-state index is 14.0. The number of benzene rings is 2. The predicted molar refractivity (Wildman–Crippen MR) is 175 cm³/mol. The molecule has 4 rings (SSSR count). The molecule has 0 saturated heterocycles. The van der Waals surface area contributed by atoms with E-state index in [4.69, 9.17) is 14.5 Å². The van der Waals surface area contributed by atoms with Crippen LogP contribution in [0.4, 0.5) is 4.39 Å². The lowest BCUT2D eigenvalue weighted by Crippen LogP contribution is -2.49. The Kier molecular flexibility index (Phi) is 13.0. The number of hydrogen-bond donors (Lipinski definition) is 1. The standard InChI is InChI=1S/C35H50FN3O3.ClH/c1-24(2)34-29-14-13-28(36)22-27(29)15-16-35(34,42-33(40)23-41-6)17-19-39(5)18-11-9-7-8-10-12-32-37-30-20-25(3)26(4)21-31(30)38-32;/h13-14,20-22,24,34H,7-12,15-19,23H2,1-6H3,(H,37,38);1H/t34-,35-;/m0./s1. The van der Waals surface area contributed by atoms with Crippen LogP contribution in [0.1, 0.15) is 92.8 Å². The number of fused-ring (bicyclic) bond motifs is 2. The van der Waals surface area contributed by atoms with Crippen molar-refractivity contribution in [3.8, 4) is 0 Å². The fourth-order valence-electron chi connectivity index (χ4n) is 6.80. The number of rotatable bonds is 15. The molecule has 1 aliphatic carbocycles. The lowest BCUT2D eigenvalue weighted by molar-refractivity contribution is -0.172. The van der Waals surface area contributed by atoms with Crippen LogP contribution >= 0.6 is 12.4 Å². The summed E-state index contributed by atoms with van der Waals surface area (Å²) in [4.78, 5) is 23.4. The third-order valence-corrected chi connectivity index (χ3v) is 9.09. The fourth-order valence-corrected chi connectivity index (χ4v) is 6.80. The summed E-state index contributed by atoms with van der Waals surface area (Å²) in [5, 5.41) is 0. The molecule has 0 fully saturated rings. The van der Waals surface area contributed by atoms with Crippen LogP contribution < -0.4 is 0 Å². The van der Waals surface area contributed by atoms with Gasteiger partial charge in [-0.2, -0.15) is 0 Å². The molecular weight excluding hydrogens is 565 g/mol. The molecule has 1 heterocycles. The summed E-state index contributed by atoms with van der Waals surface area (Å²) in [5.41, 5.74) is 6.30. The van der Waals surface area contributed by atoms with Crippen molar-refractivity contribution < 1.29 is 18.7 Å². The van der Waals surface area contributed by atoms with Crippen molar-refractivity contribution in [1.29, 1.82) is 0 Å². The van der Waals surface area contributed by atoms with Crippen LogP contribution in [-0.4, -0.2) is 60.3 Å². The summed E-state index contributed by atoms with van der Waals surface area (Å²) in [6.45, 7) is 10.4. The number of nitrogens with one attached hydrogen (secondary N) is 1. The van der Waals surface area contributed by atoms with Crippen molar-refractivity contribution >= 4 is 29.4 Å². The van der Waals surface area contributed by atoms with Crippen molar-refractivity contribution in [2.75, 3.05) is 33.9 Å². The van der Waals surface area contributed by atoms with Crippen LogP contribution in [0.15, 0.2) is 30.3 Å². The number of nitrogens with zero attached hydrogens (tertiary/aromatic N) is 2. The Morgan fingerprint density at radius 3 is 2.56 bits per heavy atom. The first-order valence-electron chi connectivity index (χ1n) is 15.8. The number of carbonyl (C=O) groups excluding carboxylic acids is 1. The Hall–Kier alpha value is -2.48. The second-order valence-electron chi connectivity index (χ2n) is 12.7. The molecule has 43 heavy (non-hydrogen) atoms. The van der Waals surface area contributed by atoms with Crippen molar-refractivity contribution in [2.45, 2.75) is 97.0 Å². The first kappa shape index (κ1) is 35.0. The summed E-state index contributed by atoms with van der Waals surface area (Å²) in [6, 6.07) is 9.44. The van der Waals surface area contributed by atoms with Gasteiger partial charge in [-0.05, 0) is 106 Å². The molecule has 238 valence electrons. The molecule has 0 saturated carbocycles. The number of imidazole rings is 1. The monoisotopic (exact) mass is 615 g/mol. The molecular formula is C35H51ClFN3O3.